The molecule has 0 aromatic heterocycles. The molecule has 5 fully saturated rings. The highest BCUT2D eigenvalue weighted by atomic mass is 79.9. The SMILES string of the molecule is C.C#CC1(O)CC(C)(C)OC(C)(C)C1.CC(=O)C1(O)CC(C)(C)OC(C)(C)C1.CC1(C)CC(=O)CC(C)(C)O1.CC1(C)CC(O)(C#C[Si](C)(C)C)CC(C)(C)O1.CC1(C)CC(O)(C(=O)CBr)CC(C)(C)O1. The molecule has 0 aromatic carbocycles. The molecular formula is C57H103BrO12Si. The zero-order chi connectivity index (χ0) is 55.7. The molecule has 5 aliphatic rings. The van der Waals surface area contributed by atoms with Crippen molar-refractivity contribution >= 4 is 41.4 Å². The Kier molecular flexibility index (Phi) is 22.5. The van der Waals surface area contributed by atoms with Crippen LogP contribution < -0.4 is 0 Å². The van der Waals surface area contributed by atoms with Gasteiger partial charge in [-0.1, -0.05) is 54.8 Å². The molecule has 0 atom stereocenters. The third-order valence-corrected chi connectivity index (χ3v) is 13.4. The first-order valence-electron chi connectivity index (χ1n) is 25.0. The van der Waals surface area contributed by atoms with E-state index in [0.717, 1.165) is 0 Å². The Labute approximate surface area is 442 Å². The van der Waals surface area contributed by atoms with Crippen molar-refractivity contribution < 1.29 is 58.5 Å². The lowest BCUT2D eigenvalue weighted by Gasteiger charge is -2.48. The zero-order valence-electron chi connectivity index (χ0n) is 48.3. The summed E-state index contributed by atoms with van der Waals surface area (Å²) in [6.45, 7) is 47.0. The molecule has 0 unspecified atom stereocenters. The number of halogens is 1. The highest BCUT2D eigenvalue weighted by Gasteiger charge is 2.52. The second kappa shape index (κ2) is 23.0. The van der Waals surface area contributed by atoms with Crippen molar-refractivity contribution in [1.29, 1.82) is 0 Å². The number of carbonyl (C=O) groups is 3. The number of rotatable bonds is 3. The van der Waals surface area contributed by atoms with Gasteiger partial charge in [-0.2, -0.15) is 0 Å². The smallest absolute Gasteiger partial charge is 0.175 e. The maximum absolute atomic E-state index is 11.7. The second-order valence-corrected chi connectivity index (χ2v) is 33.6. The average molecular weight is 1090 g/mol. The van der Waals surface area contributed by atoms with E-state index < -0.39 is 52.9 Å². The molecule has 5 rings (SSSR count). The summed E-state index contributed by atoms with van der Waals surface area (Å²) in [7, 11) is -1.44. The molecule has 0 aromatic rings. The first kappa shape index (κ1) is 69.5. The molecule has 4 N–H and O–H groups in total. The van der Waals surface area contributed by atoms with Crippen molar-refractivity contribution in [3.8, 4) is 23.8 Å². The fourth-order valence-electron chi connectivity index (χ4n) is 12.1. The van der Waals surface area contributed by atoms with Gasteiger partial charge in [0.2, 0.25) is 0 Å². The van der Waals surface area contributed by atoms with E-state index in [0.29, 0.717) is 70.0 Å². The lowest BCUT2D eigenvalue weighted by molar-refractivity contribution is -0.217. The lowest BCUT2D eigenvalue weighted by Crippen LogP contribution is -2.57. The van der Waals surface area contributed by atoms with Crippen molar-refractivity contribution in [2.75, 3.05) is 5.33 Å². The van der Waals surface area contributed by atoms with Gasteiger partial charge in [0.15, 0.2) is 11.6 Å². The van der Waals surface area contributed by atoms with E-state index in [4.69, 9.17) is 30.1 Å². The summed E-state index contributed by atoms with van der Waals surface area (Å²) < 4.78 is 29.1. The van der Waals surface area contributed by atoms with Gasteiger partial charge in [-0.3, -0.25) is 14.4 Å². The van der Waals surface area contributed by atoms with E-state index in [-0.39, 0.29) is 57.9 Å². The molecule has 5 aliphatic heterocycles. The third kappa shape index (κ3) is 24.8. The average Bonchev–Trinajstić information content (AvgIpc) is 2.99. The molecule has 5 heterocycles. The van der Waals surface area contributed by atoms with Gasteiger partial charge in [-0.15, -0.1) is 12.0 Å². The van der Waals surface area contributed by atoms with Crippen molar-refractivity contribution in [1.82, 2.24) is 0 Å². The quantitative estimate of drug-likeness (QED) is 0.120. The summed E-state index contributed by atoms with van der Waals surface area (Å²) in [5.41, 5.74) is -4.75. The van der Waals surface area contributed by atoms with Crippen LogP contribution in [0.15, 0.2) is 0 Å². The Balaban J connectivity index is 0.000000865. The van der Waals surface area contributed by atoms with Crippen LogP contribution in [0.5, 0.6) is 0 Å². The van der Waals surface area contributed by atoms with E-state index in [2.05, 4.69) is 53.0 Å². The topological polar surface area (TPSA) is 178 Å². The molecule has 14 heteroatoms. The Bertz CT molecular complexity index is 1860. The van der Waals surface area contributed by atoms with Gasteiger partial charge in [0.1, 0.15) is 36.3 Å². The highest BCUT2D eigenvalue weighted by Crippen LogP contribution is 2.44. The van der Waals surface area contributed by atoms with E-state index >= 15 is 0 Å². The van der Waals surface area contributed by atoms with E-state index in [1.54, 1.807) is 0 Å². The highest BCUT2D eigenvalue weighted by molar-refractivity contribution is 9.09. The second-order valence-electron chi connectivity index (χ2n) is 28.3. The van der Waals surface area contributed by atoms with Crippen LogP contribution in [-0.4, -0.2) is 130 Å². The predicted octanol–water partition coefficient (Wildman–Crippen LogP) is 11.0. The number of ether oxygens (including phenoxy) is 5. The molecule has 0 bridgehead atoms. The van der Waals surface area contributed by atoms with Crippen LogP contribution in [0.1, 0.15) is 217 Å². The maximum Gasteiger partial charge on any atom is 0.175 e. The van der Waals surface area contributed by atoms with Gasteiger partial charge in [0.05, 0.1) is 61.3 Å². The number of Topliss-reactive ketones (excluding diaryl/α,β-unsaturated/α-hetero) is 3. The Morgan fingerprint density at radius 2 is 0.761 bits per heavy atom. The first-order valence-corrected chi connectivity index (χ1v) is 29.7. The third-order valence-electron chi connectivity index (χ3n) is 12.0. The van der Waals surface area contributed by atoms with E-state index in [1.807, 2.05) is 138 Å². The van der Waals surface area contributed by atoms with Gasteiger partial charge in [0.25, 0.3) is 0 Å². The molecule has 12 nitrogen and oxygen atoms in total. The van der Waals surface area contributed by atoms with E-state index in [9.17, 15) is 34.8 Å². The van der Waals surface area contributed by atoms with Crippen molar-refractivity contribution in [3.05, 3.63) is 0 Å². The van der Waals surface area contributed by atoms with Crippen LogP contribution in [0, 0.1) is 23.8 Å². The summed E-state index contributed by atoms with van der Waals surface area (Å²) in [6.07, 6.45) is 10.1. The number of alkyl halides is 1. The van der Waals surface area contributed by atoms with Crippen LogP contribution in [0.25, 0.3) is 0 Å². The molecule has 0 spiro atoms. The molecule has 0 amide bonds. The number of carbonyl (C=O) groups excluding carboxylic acids is 3. The van der Waals surface area contributed by atoms with Crippen molar-refractivity contribution in [2.45, 2.75) is 315 Å². The van der Waals surface area contributed by atoms with E-state index in [1.165, 1.54) is 6.92 Å². The predicted molar refractivity (Wildman–Crippen MR) is 293 cm³/mol. The number of hydrogen-bond acceptors (Lipinski definition) is 12. The number of ketones is 3. The number of hydrogen-bond donors (Lipinski definition) is 4. The van der Waals surface area contributed by atoms with Crippen molar-refractivity contribution in [2.24, 2.45) is 0 Å². The van der Waals surface area contributed by atoms with Crippen LogP contribution in [0.2, 0.25) is 19.6 Å². The molecule has 414 valence electrons. The van der Waals surface area contributed by atoms with Crippen molar-refractivity contribution in [3.63, 3.8) is 0 Å². The molecule has 0 aliphatic carbocycles. The number of aliphatic hydroxyl groups is 4. The Hall–Kier alpha value is -1.53. The monoisotopic (exact) mass is 1090 g/mol. The molecule has 0 radical (unpaired) electrons. The largest absolute Gasteiger partial charge is 0.382 e. The van der Waals surface area contributed by atoms with Crippen LogP contribution in [-0.2, 0) is 38.1 Å². The summed E-state index contributed by atoms with van der Waals surface area (Å²) in [6, 6.07) is 0. The molecule has 71 heavy (non-hydrogen) atoms. The minimum absolute atomic E-state index is 0. The summed E-state index contributed by atoms with van der Waals surface area (Å²) in [5, 5.41) is 41.4. The van der Waals surface area contributed by atoms with Gasteiger partial charge < -0.3 is 44.1 Å². The standard InChI is InChI=1S/C14H26O2Si.C11H19BrO3.C11H20O3.C11H18O2.C9H16O2.CH4/c1-12(2)10-14(15,8-9-17(5,6)7)11-13(3,4)16-12;1-9(2)6-11(14,8(13)5-12)7-10(3,4)15-9;1-8(12)11(13)6-9(2,3)14-10(4,5)7-11;1-6-11(12)7-9(2,3)13-10(4,5)8-11;1-8(2)5-7(10)6-9(3,4)11-8;/h15H,10-11H2,1-7H3;14H,5-7H2,1-4H3;13H,6-7H2,1-5H3;1,12H,7-8H2,2-5H3;5-6H2,1-4H3;1H4. The molecular weight excluding hydrogens is 985 g/mol. The summed E-state index contributed by atoms with van der Waals surface area (Å²) >= 11 is 3.11. The molecule has 5 saturated heterocycles. The van der Waals surface area contributed by atoms with Crippen LogP contribution in [0.4, 0.5) is 0 Å². The van der Waals surface area contributed by atoms with Crippen LogP contribution in [0.3, 0.4) is 0 Å². The van der Waals surface area contributed by atoms with Gasteiger partial charge >= 0.3 is 0 Å². The Morgan fingerprint density at radius 3 is 1.00 bits per heavy atom. The minimum Gasteiger partial charge on any atom is -0.382 e. The maximum atomic E-state index is 11.7. The fourth-order valence-corrected chi connectivity index (χ4v) is 13.2. The number of terminal acetylenes is 1. The van der Waals surface area contributed by atoms with Gasteiger partial charge in [-0.05, 0) is 145 Å². The lowest BCUT2D eigenvalue weighted by atomic mass is 9.75. The van der Waals surface area contributed by atoms with Crippen LogP contribution >= 0.6 is 15.9 Å². The molecule has 0 saturated carbocycles. The van der Waals surface area contributed by atoms with Gasteiger partial charge in [0, 0.05) is 64.2 Å². The summed E-state index contributed by atoms with van der Waals surface area (Å²) in [4.78, 5) is 34.3. The minimum atomic E-state index is -1.44. The zero-order valence-corrected chi connectivity index (χ0v) is 50.9. The first-order chi connectivity index (χ1) is 30.5. The fraction of sp³-hybridized carbons (Fsp3) is 0.877. The normalized spacial score (nSPS) is 27.4. The summed E-state index contributed by atoms with van der Waals surface area (Å²) in [5.74, 6) is 5.59. The van der Waals surface area contributed by atoms with Gasteiger partial charge in [-0.25, -0.2) is 0 Å². The Morgan fingerprint density at radius 1 is 0.507 bits per heavy atom.